The molecule has 0 bridgehead atoms. The predicted molar refractivity (Wildman–Crippen MR) is 108 cm³/mol. The van der Waals surface area contributed by atoms with Crippen molar-refractivity contribution in [1.29, 1.82) is 0 Å². The molecule has 3 heterocycles. The SMILES string of the molecule is O=C(c1cc(-c2ccc3c(c2)OCO3)n[nH]1)N1CCC(S(=O)(=O)c2ccccc2)C1. The molecule has 1 saturated heterocycles. The van der Waals surface area contributed by atoms with Crippen LogP contribution in [0.5, 0.6) is 11.5 Å². The van der Waals surface area contributed by atoms with Gasteiger partial charge in [0.2, 0.25) is 6.79 Å². The number of benzene rings is 2. The van der Waals surface area contributed by atoms with E-state index < -0.39 is 15.1 Å². The Morgan fingerprint density at radius 3 is 2.70 bits per heavy atom. The summed E-state index contributed by atoms with van der Waals surface area (Å²) in [6, 6.07) is 15.5. The van der Waals surface area contributed by atoms with E-state index in [2.05, 4.69) is 10.2 Å². The molecule has 0 radical (unpaired) electrons. The molecule has 0 spiro atoms. The second-order valence-electron chi connectivity index (χ2n) is 7.25. The highest BCUT2D eigenvalue weighted by atomic mass is 32.2. The molecule has 30 heavy (non-hydrogen) atoms. The van der Waals surface area contributed by atoms with Crippen molar-refractivity contribution in [1.82, 2.24) is 15.1 Å². The van der Waals surface area contributed by atoms with E-state index >= 15 is 0 Å². The zero-order valence-electron chi connectivity index (χ0n) is 15.9. The number of rotatable bonds is 4. The first-order valence-corrected chi connectivity index (χ1v) is 11.1. The van der Waals surface area contributed by atoms with Crippen LogP contribution in [-0.4, -0.2) is 54.6 Å². The molecule has 1 aromatic heterocycles. The average Bonchev–Trinajstić information content (AvgIpc) is 3.53. The summed E-state index contributed by atoms with van der Waals surface area (Å²) in [7, 11) is -3.48. The van der Waals surface area contributed by atoms with Gasteiger partial charge in [0, 0.05) is 18.7 Å². The van der Waals surface area contributed by atoms with Gasteiger partial charge in [-0.3, -0.25) is 9.89 Å². The van der Waals surface area contributed by atoms with E-state index in [4.69, 9.17) is 9.47 Å². The summed E-state index contributed by atoms with van der Waals surface area (Å²) in [5.41, 5.74) is 1.71. The van der Waals surface area contributed by atoms with Crippen molar-refractivity contribution in [2.75, 3.05) is 19.9 Å². The first kappa shape index (κ1) is 18.7. The molecule has 1 N–H and O–H groups in total. The van der Waals surface area contributed by atoms with Crippen LogP contribution in [0.1, 0.15) is 16.9 Å². The lowest BCUT2D eigenvalue weighted by molar-refractivity contribution is 0.0787. The molecule has 1 amide bonds. The third kappa shape index (κ3) is 3.21. The van der Waals surface area contributed by atoms with Crippen molar-refractivity contribution in [3.8, 4) is 22.8 Å². The Kier molecular flexibility index (Phi) is 4.47. The molecule has 9 heteroatoms. The zero-order chi connectivity index (χ0) is 20.7. The van der Waals surface area contributed by atoms with Crippen LogP contribution < -0.4 is 9.47 Å². The Morgan fingerprint density at radius 2 is 1.87 bits per heavy atom. The molecular weight excluding hydrogens is 406 g/mol. The maximum atomic E-state index is 12.9. The van der Waals surface area contributed by atoms with Crippen LogP contribution in [-0.2, 0) is 9.84 Å². The fourth-order valence-corrected chi connectivity index (χ4v) is 5.49. The van der Waals surface area contributed by atoms with Gasteiger partial charge in [-0.05, 0) is 42.8 Å². The van der Waals surface area contributed by atoms with Gasteiger partial charge in [-0.25, -0.2) is 8.42 Å². The number of nitrogens with zero attached hydrogens (tertiary/aromatic N) is 2. The highest BCUT2D eigenvalue weighted by molar-refractivity contribution is 7.92. The maximum Gasteiger partial charge on any atom is 0.271 e. The van der Waals surface area contributed by atoms with E-state index in [0.717, 1.165) is 5.56 Å². The third-order valence-corrected chi connectivity index (χ3v) is 7.61. The Morgan fingerprint density at radius 1 is 1.07 bits per heavy atom. The second-order valence-corrected chi connectivity index (χ2v) is 9.48. The minimum atomic E-state index is -3.48. The Hall–Kier alpha value is -3.33. The Balaban J connectivity index is 1.32. The molecule has 154 valence electrons. The minimum Gasteiger partial charge on any atom is -0.454 e. The minimum absolute atomic E-state index is 0.161. The number of nitrogens with one attached hydrogen (secondary N) is 1. The van der Waals surface area contributed by atoms with Crippen molar-refractivity contribution in [2.45, 2.75) is 16.6 Å². The number of hydrogen-bond acceptors (Lipinski definition) is 6. The topological polar surface area (TPSA) is 102 Å². The van der Waals surface area contributed by atoms with Gasteiger partial charge in [-0.2, -0.15) is 5.10 Å². The fourth-order valence-electron chi connectivity index (χ4n) is 3.77. The number of carbonyl (C=O) groups excluding carboxylic acids is 1. The first-order chi connectivity index (χ1) is 14.5. The maximum absolute atomic E-state index is 12.9. The molecule has 2 aliphatic heterocycles. The summed E-state index contributed by atoms with van der Waals surface area (Å²) >= 11 is 0. The van der Waals surface area contributed by atoms with Crippen LogP contribution in [0.15, 0.2) is 59.5 Å². The van der Waals surface area contributed by atoms with Gasteiger partial charge in [0.15, 0.2) is 21.3 Å². The third-order valence-electron chi connectivity index (χ3n) is 5.42. The van der Waals surface area contributed by atoms with E-state index in [-0.39, 0.29) is 24.1 Å². The number of H-pyrrole nitrogens is 1. The summed E-state index contributed by atoms with van der Waals surface area (Å²) in [4.78, 5) is 14.7. The highest BCUT2D eigenvalue weighted by Gasteiger charge is 2.36. The number of aromatic amines is 1. The smallest absolute Gasteiger partial charge is 0.271 e. The summed E-state index contributed by atoms with van der Waals surface area (Å²) in [5.74, 6) is 1.05. The van der Waals surface area contributed by atoms with E-state index in [1.165, 1.54) is 0 Å². The quantitative estimate of drug-likeness (QED) is 0.689. The molecule has 2 aromatic carbocycles. The molecule has 3 aromatic rings. The largest absolute Gasteiger partial charge is 0.454 e. The number of ether oxygens (including phenoxy) is 2. The van der Waals surface area contributed by atoms with Crippen LogP contribution >= 0.6 is 0 Å². The Labute approximate surface area is 173 Å². The molecule has 1 atom stereocenters. The first-order valence-electron chi connectivity index (χ1n) is 9.56. The number of carbonyl (C=O) groups is 1. The molecule has 1 fully saturated rings. The van der Waals surface area contributed by atoms with Crippen LogP contribution in [0.4, 0.5) is 0 Å². The lowest BCUT2D eigenvalue weighted by Gasteiger charge is -2.15. The van der Waals surface area contributed by atoms with E-state index in [1.54, 1.807) is 47.4 Å². The average molecular weight is 425 g/mol. The molecule has 0 saturated carbocycles. The molecule has 5 rings (SSSR count). The summed E-state index contributed by atoms with van der Waals surface area (Å²) in [6.07, 6.45) is 0.409. The number of fused-ring (bicyclic) bond motifs is 1. The van der Waals surface area contributed by atoms with Gasteiger partial charge < -0.3 is 14.4 Å². The number of amides is 1. The monoisotopic (exact) mass is 425 g/mol. The lowest BCUT2D eigenvalue weighted by Crippen LogP contribution is -2.32. The summed E-state index contributed by atoms with van der Waals surface area (Å²) in [5, 5.41) is 6.39. The van der Waals surface area contributed by atoms with Gasteiger partial charge in [0.05, 0.1) is 15.8 Å². The van der Waals surface area contributed by atoms with Crippen molar-refractivity contribution < 1.29 is 22.7 Å². The predicted octanol–water partition coefficient (Wildman–Crippen LogP) is 2.49. The summed E-state index contributed by atoms with van der Waals surface area (Å²) < 4.78 is 36.4. The van der Waals surface area contributed by atoms with Crippen molar-refractivity contribution in [3.63, 3.8) is 0 Å². The molecule has 1 unspecified atom stereocenters. The van der Waals surface area contributed by atoms with Crippen LogP contribution in [0, 0.1) is 0 Å². The highest BCUT2D eigenvalue weighted by Crippen LogP contribution is 2.35. The Bertz CT molecular complexity index is 1210. The number of sulfone groups is 1. The van der Waals surface area contributed by atoms with Gasteiger partial charge in [0.25, 0.3) is 5.91 Å². The number of aromatic nitrogens is 2. The normalized spacial score (nSPS) is 18.0. The van der Waals surface area contributed by atoms with Gasteiger partial charge in [0.1, 0.15) is 5.69 Å². The number of hydrogen-bond donors (Lipinski definition) is 1. The molecule has 8 nitrogen and oxygen atoms in total. The zero-order valence-corrected chi connectivity index (χ0v) is 16.8. The van der Waals surface area contributed by atoms with E-state index in [1.807, 2.05) is 12.1 Å². The van der Waals surface area contributed by atoms with E-state index in [9.17, 15) is 13.2 Å². The molecule has 2 aliphatic rings. The van der Waals surface area contributed by atoms with Crippen molar-refractivity contribution in [2.24, 2.45) is 0 Å². The fraction of sp³-hybridized carbons (Fsp3) is 0.238. The summed E-state index contributed by atoms with van der Waals surface area (Å²) in [6.45, 7) is 0.730. The van der Waals surface area contributed by atoms with Gasteiger partial charge in [-0.1, -0.05) is 18.2 Å². The van der Waals surface area contributed by atoms with Crippen molar-refractivity contribution in [3.05, 3.63) is 60.3 Å². The van der Waals surface area contributed by atoms with Gasteiger partial charge in [-0.15, -0.1) is 0 Å². The van der Waals surface area contributed by atoms with Crippen LogP contribution in [0.2, 0.25) is 0 Å². The lowest BCUT2D eigenvalue weighted by atomic mass is 10.1. The van der Waals surface area contributed by atoms with E-state index in [0.29, 0.717) is 35.9 Å². The second kappa shape index (κ2) is 7.17. The standard InChI is InChI=1S/C21H19N3O5S/c25-21(24-9-8-16(12-24)30(26,27)15-4-2-1-3-5-15)18-11-17(22-23-18)14-6-7-19-20(10-14)29-13-28-19/h1-7,10-11,16H,8-9,12-13H2,(H,22,23). The molecular formula is C21H19N3O5S. The molecule has 0 aliphatic carbocycles. The van der Waals surface area contributed by atoms with Crippen LogP contribution in [0.3, 0.4) is 0 Å². The van der Waals surface area contributed by atoms with Crippen molar-refractivity contribution >= 4 is 15.7 Å². The number of likely N-dealkylation sites (tertiary alicyclic amines) is 1. The van der Waals surface area contributed by atoms with Gasteiger partial charge >= 0.3 is 0 Å². The van der Waals surface area contributed by atoms with Crippen LogP contribution in [0.25, 0.3) is 11.3 Å².